The number of imide groups is 1. The van der Waals surface area contributed by atoms with Crippen LogP contribution in [0, 0.1) is 19.3 Å². The highest BCUT2D eigenvalue weighted by Gasteiger charge is 2.38. The predicted octanol–water partition coefficient (Wildman–Crippen LogP) is 3.48. The number of carbonyl (C=O) groups is 6. The molecule has 4 aromatic carbocycles. The monoisotopic (exact) mass is 732 g/mol. The summed E-state index contributed by atoms with van der Waals surface area (Å²) < 4.78 is 10.5. The third kappa shape index (κ3) is 9.73. The van der Waals surface area contributed by atoms with E-state index in [1.54, 1.807) is 54.6 Å². The van der Waals surface area contributed by atoms with Gasteiger partial charge in [0, 0.05) is 16.9 Å². The van der Waals surface area contributed by atoms with Gasteiger partial charge in [-0.15, -0.1) is 6.42 Å². The van der Waals surface area contributed by atoms with Gasteiger partial charge in [-0.2, -0.15) is 0 Å². The van der Waals surface area contributed by atoms with Crippen LogP contribution in [0.3, 0.4) is 0 Å². The van der Waals surface area contributed by atoms with Crippen LogP contribution in [0.5, 0.6) is 0 Å². The van der Waals surface area contributed by atoms with Gasteiger partial charge < -0.3 is 35.2 Å². The van der Waals surface area contributed by atoms with E-state index in [0.29, 0.717) is 16.9 Å². The molecule has 14 heteroatoms. The van der Waals surface area contributed by atoms with Gasteiger partial charge >= 0.3 is 18.0 Å². The van der Waals surface area contributed by atoms with E-state index in [2.05, 4.69) is 16.6 Å². The van der Waals surface area contributed by atoms with E-state index in [9.17, 15) is 39.0 Å². The Hall–Kier alpha value is -6.82. The number of nitrogens with one attached hydrogen (secondary N) is 2. The second kappa shape index (κ2) is 17.6. The van der Waals surface area contributed by atoms with E-state index in [-0.39, 0.29) is 28.8 Å². The molecule has 1 heterocycles. The Labute approximate surface area is 310 Å². The van der Waals surface area contributed by atoms with Crippen molar-refractivity contribution < 1.29 is 48.5 Å². The molecule has 1 fully saturated rings. The van der Waals surface area contributed by atoms with Crippen LogP contribution in [0.1, 0.15) is 52.6 Å². The lowest BCUT2D eigenvalue weighted by Gasteiger charge is -2.21. The molecule has 0 spiro atoms. The van der Waals surface area contributed by atoms with Crippen LogP contribution in [0.15, 0.2) is 97.1 Å². The van der Waals surface area contributed by atoms with Gasteiger partial charge in [0.05, 0.1) is 35.3 Å². The van der Waals surface area contributed by atoms with Crippen LogP contribution in [0.2, 0.25) is 0 Å². The molecule has 0 aromatic heterocycles. The largest absolute Gasteiger partial charge is 0.459 e. The van der Waals surface area contributed by atoms with Crippen molar-refractivity contribution in [2.75, 3.05) is 43.5 Å². The zero-order valence-corrected chi connectivity index (χ0v) is 29.1. The summed E-state index contributed by atoms with van der Waals surface area (Å²) in [5.41, 5.74) is 2.55. The molecule has 0 saturated carbocycles. The number of hydrogen-bond donors (Lipinski definition) is 4. The fourth-order valence-corrected chi connectivity index (χ4v) is 5.39. The molecule has 276 valence electrons. The molecule has 5 amide bonds. The van der Waals surface area contributed by atoms with E-state index in [4.69, 9.17) is 15.9 Å². The maximum Gasteiger partial charge on any atom is 0.339 e. The highest BCUT2D eigenvalue weighted by atomic mass is 16.5. The van der Waals surface area contributed by atoms with Gasteiger partial charge in [-0.05, 0) is 67.6 Å². The third-order valence-corrected chi connectivity index (χ3v) is 8.17. The minimum Gasteiger partial charge on any atom is -0.459 e. The van der Waals surface area contributed by atoms with E-state index in [1.807, 2.05) is 19.1 Å². The number of urea groups is 1. The first-order chi connectivity index (χ1) is 25.9. The molecular formula is C40H36N4O10. The second-order valence-electron chi connectivity index (χ2n) is 12.3. The smallest absolute Gasteiger partial charge is 0.339 e. The van der Waals surface area contributed by atoms with Gasteiger partial charge in [-0.25, -0.2) is 14.4 Å². The Balaban J connectivity index is 1.09. The number of anilines is 2. The number of aryl methyl sites for hydroxylation is 1. The predicted molar refractivity (Wildman–Crippen MR) is 196 cm³/mol. The lowest BCUT2D eigenvalue weighted by atomic mass is 10.1. The molecule has 1 aliphatic rings. The van der Waals surface area contributed by atoms with Gasteiger partial charge in [-0.1, -0.05) is 47.9 Å². The summed E-state index contributed by atoms with van der Waals surface area (Å²) in [7, 11) is 0. The fraction of sp³-hybridized carbons (Fsp3) is 0.200. The zero-order valence-electron chi connectivity index (χ0n) is 29.1. The topological polar surface area (TPSA) is 192 Å². The maximum absolute atomic E-state index is 13.0. The molecule has 1 aliphatic heterocycles. The van der Waals surface area contributed by atoms with Crippen LogP contribution in [-0.2, 0) is 14.3 Å². The number of rotatable bonds is 14. The molecule has 14 nitrogen and oxygen atoms in total. The third-order valence-electron chi connectivity index (χ3n) is 8.17. The molecule has 2 atom stereocenters. The summed E-state index contributed by atoms with van der Waals surface area (Å²) >= 11 is 0. The first kappa shape index (κ1) is 38.4. The molecule has 5 rings (SSSR count). The lowest BCUT2D eigenvalue weighted by molar-refractivity contribution is -0.126. The van der Waals surface area contributed by atoms with Crippen molar-refractivity contribution in [2.45, 2.75) is 19.1 Å². The molecule has 1 saturated heterocycles. The van der Waals surface area contributed by atoms with Crippen LogP contribution >= 0.6 is 0 Å². The average molecular weight is 733 g/mol. The summed E-state index contributed by atoms with van der Waals surface area (Å²) in [5.74, 6) is -1.14. The van der Waals surface area contributed by atoms with Crippen LogP contribution in [0.25, 0.3) is 0 Å². The number of hydrogen-bond acceptors (Lipinski definition) is 10. The first-order valence-electron chi connectivity index (χ1n) is 16.7. The van der Waals surface area contributed by atoms with Gasteiger partial charge in [-0.3, -0.25) is 19.3 Å². The van der Waals surface area contributed by atoms with Gasteiger partial charge in [0.1, 0.15) is 32.0 Å². The number of amides is 5. The number of carbonyl (C=O) groups excluding carboxylic acids is 6. The Morgan fingerprint density at radius 3 is 1.63 bits per heavy atom. The molecule has 0 radical (unpaired) electrons. The lowest BCUT2D eigenvalue weighted by Crippen LogP contribution is -2.42. The van der Waals surface area contributed by atoms with Crippen molar-refractivity contribution in [3.63, 3.8) is 0 Å². The van der Waals surface area contributed by atoms with Crippen molar-refractivity contribution in [3.8, 4) is 12.3 Å². The van der Waals surface area contributed by atoms with Gasteiger partial charge in [0.2, 0.25) is 5.91 Å². The van der Waals surface area contributed by atoms with E-state index < -0.39 is 74.2 Å². The Kier molecular flexibility index (Phi) is 12.5. The average Bonchev–Trinajstić information content (AvgIpc) is 3.43. The SMILES string of the molecule is C#Cc1ccc(NC(=O)c2ccccc2C(=O)OCC(O)CN2C(=O)CN(CC(O)COC(=O)c3ccccc3C(=O)Nc3ccc(C)cc3)C2=O)cc1. The van der Waals surface area contributed by atoms with E-state index >= 15 is 0 Å². The molecule has 54 heavy (non-hydrogen) atoms. The van der Waals surface area contributed by atoms with Crippen molar-refractivity contribution in [1.82, 2.24) is 9.80 Å². The number of terminal acetylenes is 1. The highest BCUT2D eigenvalue weighted by molar-refractivity contribution is 6.12. The molecule has 0 bridgehead atoms. The number of β-amino-alcohol motifs (C(OH)–C–C–N with tert-alkyl or cyclic N) is 2. The summed E-state index contributed by atoms with van der Waals surface area (Å²) in [5, 5.41) is 26.5. The molecular weight excluding hydrogens is 696 g/mol. The van der Waals surface area contributed by atoms with Crippen LogP contribution in [-0.4, -0.2) is 101 Å². The number of benzene rings is 4. The number of esters is 2. The normalized spacial score (nSPS) is 13.4. The van der Waals surface area contributed by atoms with Crippen molar-refractivity contribution >= 4 is 47.1 Å². The maximum atomic E-state index is 13.0. The minimum atomic E-state index is -1.48. The highest BCUT2D eigenvalue weighted by Crippen LogP contribution is 2.18. The first-order valence-corrected chi connectivity index (χ1v) is 16.7. The Morgan fingerprint density at radius 1 is 0.704 bits per heavy atom. The van der Waals surface area contributed by atoms with Crippen molar-refractivity contribution in [2.24, 2.45) is 0 Å². The minimum absolute atomic E-state index is 0.00983. The van der Waals surface area contributed by atoms with Crippen LogP contribution in [0.4, 0.5) is 16.2 Å². The van der Waals surface area contributed by atoms with E-state index in [0.717, 1.165) is 15.4 Å². The molecule has 4 aromatic rings. The molecule has 0 aliphatic carbocycles. The summed E-state index contributed by atoms with van der Waals surface area (Å²) in [6.45, 7) is -0.593. The standard InChI is InChI=1S/C40H36N4O10/c1-3-26-14-18-28(19-15-26)42-37(49)32-9-5-7-11-34(32)39(51)54-24-30(46)21-44-35(47)22-43(40(44)52)20-29(45)23-53-38(50)33-10-6-4-8-31(33)36(48)41-27-16-12-25(2)13-17-27/h1,4-19,29-30,45-46H,20-24H2,2H3,(H,41,48)(H,42,49). The quantitative estimate of drug-likeness (QED) is 0.0848. The number of aliphatic hydroxyl groups excluding tert-OH is 2. The summed E-state index contributed by atoms with van der Waals surface area (Å²) in [6, 6.07) is 24.7. The van der Waals surface area contributed by atoms with Crippen molar-refractivity contribution in [1.29, 1.82) is 0 Å². The van der Waals surface area contributed by atoms with Crippen LogP contribution < -0.4 is 10.6 Å². The number of aliphatic hydroxyl groups is 2. The second-order valence-corrected chi connectivity index (χ2v) is 12.3. The number of ether oxygens (including phenoxy) is 2. The van der Waals surface area contributed by atoms with Gasteiger partial charge in [0.25, 0.3) is 11.8 Å². The summed E-state index contributed by atoms with van der Waals surface area (Å²) in [4.78, 5) is 79.1. The van der Waals surface area contributed by atoms with Crippen molar-refractivity contribution in [3.05, 3.63) is 130 Å². The van der Waals surface area contributed by atoms with Gasteiger partial charge in [0.15, 0.2) is 0 Å². The van der Waals surface area contributed by atoms with E-state index in [1.165, 1.54) is 30.3 Å². The summed E-state index contributed by atoms with van der Waals surface area (Å²) in [6.07, 6.45) is 2.48. The Bertz CT molecular complexity index is 2090. The zero-order chi connectivity index (χ0) is 38.8. The Morgan fingerprint density at radius 2 is 1.15 bits per heavy atom. The fourth-order valence-electron chi connectivity index (χ4n) is 5.39. The number of nitrogens with zero attached hydrogens (tertiary/aromatic N) is 2. The molecule has 4 N–H and O–H groups in total. The molecule has 2 unspecified atom stereocenters.